The number of likely N-dealkylation sites (tertiary alicyclic amines) is 1. The van der Waals surface area contributed by atoms with E-state index in [0.29, 0.717) is 6.42 Å². The Hall–Kier alpha value is -1.35. The second kappa shape index (κ2) is 6.82. The van der Waals surface area contributed by atoms with Gasteiger partial charge in [-0.15, -0.1) is 0 Å². The largest absolute Gasteiger partial charge is 0.327 e. The summed E-state index contributed by atoms with van der Waals surface area (Å²) in [7, 11) is 2.04. The average molecular weight is 300 g/mol. The van der Waals surface area contributed by atoms with Gasteiger partial charge in [0.15, 0.2) is 0 Å². The summed E-state index contributed by atoms with van der Waals surface area (Å²) in [5.74, 6) is 0.264. The van der Waals surface area contributed by atoms with E-state index in [9.17, 15) is 4.79 Å². The Labute approximate surface area is 134 Å². The predicted molar refractivity (Wildman–Crippen MR) is 89.5 cm³/mol. The summed E-state index contributed by atoms with van der Waals surface area (Å²) >= 11 is 0. The third kappa shape index (κ3) is 3.05. The maximum atomic E-state index is 12.9. The molecule has 0 bridgehead atoms. The van der Waals surface area contributed by atoms with Crippen LogP contribution in [0.25, 0.3) is 0 Å². The summed E-state index contributed by atoms with van der Waals surface area (Å²) in [5.41, 5.74) is 1.10. The summed E-state index contributed by atoms with van der Waals surface area (Å²) < 4.78 is 0. The number of likely N-dealkylation sites (N-methyl/N-ethyl adjacent to an activating group) is 1. The molecule has 3 rings (SSSR count). The quantitative estimate of drug-likeness (QED) is 0.850. The number of carbonyl (C=O) groups is 1. The lowest BCUT2D eigenvalue weighted by Gasteiger charge is -2.50. The highest BCUT2D eigenvalue weighted by Gasteiger charge is 2.44. The Morgan fingerprint density at radius 3 is 2.32 bits per heavy atom. The zero-order valence-corrected chi connectivity index (χ0v) is 13.8. The number of nitrogens with zero attached hydrogens (tertiary/aromatic N) is 2. The summed E-state index contributed by atoms with van der Waals surface area (Å²) in [4.78, 5) is 17.6. The molecule has 0 atom stereocenters. The van der Waals surface area contributed by atoms with Crippen LogP contribution in [0.4, 0.5) is 0 Å². The first-order valence-electron chi connectivity index (χ1n) is 8.78. The number of hydrogen-bond donors (Lipinski definition) is 0. The van der Waals surface area contributed by atoms with Gasteiger partial charge in [-0.25, -0.2) is 0 Å². The van der Waals surface area contributed by atoms with Gasteiger partial charge in [-0.05, 0) is 44.1 Å². The van der Waals surface area contributed by atoms with Crippen molar-refractivity contribution in [2.45, 2.75) is 57.0 Å². The molecule has 3 nitrogen and oxygen atoms in total. The van der Waals surface area contributed by atoms with Gasteiger partial charge in [0.1, 0.15) is 0 Å². The van der Waals surface area contributed by atoms with Gasteiger partial charge in [0.05, 0.1) is 12.1 Å². The zero-order valence-electron chi connectivity index (χ0n) is 13.8. The lowest BCUT2D eigenvalue weighted by Crippen LogP contribution is -2.61. The van der Waals surface area contributed by atoms with Crippen molar-refractivity contribution in [2.75, 3.05) is 20.1 Å². The molecule has 3 heteroatoms. The van der Waals surface area contributed by atoms with Crippen molar-refractivity contribution < 1.29 is 4.79 Å². The Morgan fingerprint density at radius 2 is 1.68 bits per heavy atom. The number of benzene rings is 1. The molecule has 0 N–H and O–H groups in total. The van der Waals surface area contributed by atoms with Crippen LogP contribution in [-0.2, 0) is 11.2 Å². The van der Waals surface area contributed by atoms with E-state index in [0.717, 1.165) is 31.5 Å². The molecular weight excluding hydrogens is 272 g/mol. The first kappa shape index (κ1) is 15.5. The number of carbonyl (C=O) groups excluding carboxylic acids is 1. The minimum atomic E-state index is -0.0133. The van der Waals surface area contributed by atoms with Gasteiger partial charge in [-0.3, -0.25) is 9.69 Å². The molecule has 120 valence electrons. The van der Waals surface area contributed by atoms with E-state index in [2.05, 4.69) is 21.9 Å². The molecule has 1 aliphatic heterocycles. The predicted octanol–water partition coefficient (Wildman–Crippen LogP) is 3.44. The summed E-state index contributed by atoms with van der Waals surface area (Å²) in [6, 6.07) is 10.1. The van der Waals surface area contributed by atoms with Crippen molar-refractivity contribution in [1.82, 2.24) is 9.80 Å². The van der Waals surface area contributed by atoms with Crippen LogP contribution in [0.5, 0.6) is 0 Å². The van der Waals surface area contributed by atoms with E-state index in [1.807, 2.05) is 25.2 Å². The minimum absolute atomic E-state index is 0.0133. The highest BCUT2D eigenvalue weighted by atomic mass is 16.2. The Balaban J connectivity index is 1.76. The first-order chi connectivity index (χ1) is 10.7. The Kier molecular flexibility index (Phi) is 4.82. The molecule has 2 fully saturated rings. The van der Waals surface area contributed by atoms with Crippen molar-refractivity contribution >= 4 is 5.91 Å². The molecule has 0 spiro atoms. The Bertz CT molecular complexity index is 487. The molecule has 1 heterocycles. The van der Waals surface area contributed by atoms with Crippen LogP contribution in [0.2, 0.25) is 0 Å². The van der Waals surface area contributed by atoms with Gasteiger partial charge < -0.3 is 4.90 Å². The van der Waals surface area contributed by atoms with E-state index in [4.69, 9.17) is 0 Å². The first-order valence-corrected chi connectivity index (χ1v) is 8.78. The third-order valence-electron chi connectivity index (χ3n) is 5.55. The zero-order chi connectivity index (χ0) is 15.4. The van der Waals surface area contributed by atoms with Crippen LogP contribution in [0.1, 0.15) is 50.5 Å². The fourth-order valence-corrected chi connectivity index (χ4v) is 4.24. The SMILES string of the molecule is CN(C(=O)Cc1ccccc1)C1(N2CCCC2)CCCCC1. The molecule has 1 aromatic carbocycles. The summed E-state index contributed by atoms with van der Waals surface area (Å²) in [5, 5.41) is 0. The van der Waals surface area contributed by atoms with Crippen LogP contribution >= 0.6 is 0 Å². The maximum Gasteiger partial charge on any atom is 0.228 e. The lowest BCUT2D eigenvalue weighted by atomic mass is 9.86. The van der Waals surface area contributed by atoms with Crippen molar-refractivity contribution in [2.24, 2.45) is 0 Å². The highest BCUT2D eigenvalue weighted by Crippen LogP contribution is 2.38. The topological polar surface area (TPSA) is 23.6 Å². The van der Waals surface area contributed by atoms with Crippen molar-refractivity contribution in [3.8, 4) is 0 Å². The average Bonchev–Trinajstić information content (AvgIpc) is 3.11. The van der Waals surface area contributed by atoms with Crippen LogP contribution in [-0.4, -0.2) is 41.5 Å². The van der Waals surface area contributed by atoms with E-state index in [1.165, 1.54) is 32.1 Å². The summed E-state index contributed by atoms with van der Waals surface area (Å²) in [6.45, 7) is 2.31. The van der Waals surface area contributed by atoms with Gasteiger partial charge in [0.2, 0.25) is 5.91 Å². The second-order valence-corrected chi connectivity index (χ2v) is 6.85. The molecule has 0 unspecified atom stereocenters. The van der Waals surface area contributed by atoms with Crippen LogP contribution < -0.4 is 0 Å². The molecule has 0 radical (unpaired) electrons. The van der Waals surface area contributed by atoms with Crippen LogP contribution in [0.3, 0.4) is 0 Å². The van der Waals surface area contributed by atoms with E-state index in [1.54, 1.807) is 0 Å². The molecule has 22 heavy (non-hydrogen) atoms. The van der Waals surface area contributed by atoms with Crippen molar-refractivity contribution in [3.05, 3.63) is 35.9 Å². The molecule has 0 aromatic heterocycles. The molecular formula is C19H28N2O. The normalized spacial score (nSPS) is 21.7. The smallest absolute Gasteiger partial charge is 0.228 e. The van der Waals surface area contributed by atoms with Gasteiger partial charge in [0, 0.05) is 20.1 Å². The molecule has 1 aromatic rings. The number of amides is 1. The second-order valence-electron chi connectivity index (χ2n) is 6.85. The van der Waals surface area contributed by atoms with Crippen LogP contribution in [0.15, 0.2) is 30.3 Å². The fourth-order valence-electron chi connectivity index (χ4n) is 4.24. The summed E-state index contributed by atoms with van der Waals surface area (Å²) in [6.07, 6.45) is 9.18. The number of hydrogen-bond acceptors (Lipinski definition) is 2. The maximum absolute atomic E-state index is 12.9. The lowest BCUT2D eigenvalue weighted by molar-refractivity contribution is -0.147. The molecule has 1 aliphatic carbocycles. The molecule has 1 amide bonds. The van der Waals surface area contributed by atoms with Gasteiger partial charge in [-0.2, -0.15) is 0 Å². The van der Waals surface area contributed by atoms with Crippen LogP contribution in [0, 0.1) is 0 Å². The van der Waals surface area contributed by atoms with Crippen molar-refractivity contribution in [1.29, 1.82) is 0 Å². The monoisotopic (exact) mass is 300 g/mol. The van der Waals surface area contributed by atoms with Crippen molar-refractivity contribution in [3.63, 3.8) is 0 Å². The fraction of sp³-hybridized carbons (Fsp3) is 0.632. The molecule has 1 saturated carbocycles. The van der Waals surface area contributed by atoms with E-state index in [-0.39, 0.29) is 11.6 Å². The molecule has 1 saturated heterocycles. The van der Waals surface area contributed by atoms with E-state index >= 15 is 0 Å². The number of rotatable bonds is 4. The van der Waals surface area contributed by atoms with Gasteiger partial charge >= 0.3 is 0 Å². The van der Waals surface area contributed by atoms with Gasteiger partial charge in [0.25, 0.3) is 0 Å². The Morgan fingerprint density at radius 1 is 1.05 bits per heavy atom. The standard InChI is InChI=1S/C19H28N2O/c1-20(18(22)16-17-10-4-2-5-11-17)19(12-6-3-7-13-19)21-14-8-9-15-21/h2,4-5,10-11H,3,6-9,12-16H2,1H3. The minimum Gasteiger partial charge on any atom is -0.327 e. The molecule has 2 aliphatic rings. The van der Waals surface area contributed by atoms with E-state index < -0.39 is 0 Å². The third-order valence-corrected chi connectivity index (χ3v) is 5.55. The highest BCUT2D eigenvalue weighted by molar-refractivity contribution is 5.79. The van der Waals surface area contributed by atoms with Gasteiger partial charge in [-0.1, -0.05) is 36.8 Å².